The maximum absolute atomic E-state index is 12.2. The predicted octanol–water partition coefficient (Wildman–Crippen LogP) is 2.71. The van der Waals surface area contributed by atoms with Crippen LogP contribution in [-0.4, -0.2) is 50.6 Å². The van der Waals surface area contributed by atoms with Crippen molar-refractivity contribution in [3.63, 3.8) is 0 Å². The summed E-state index contributed by atoms with van der Waals surface area (Å²) in [6, 6.07) is 14.9. The number of benzene rings is 2. The number of rotatable bonds is 6. The summed E-state index contributed by atoms with van der Waals surface area (Å²) in [5.74, 6) is 0.988. The lowest BCUT2D eigenvalue weighted by molar-refractivity contribution is 0.306. The first kappa shape index (κ1) is 20.6. The normalized spacial score (nSPS) is 17.0. The Morgan fingerprint density at radius 2 is 1.86 bits per heavy atom. The molecule has 1 saturated heterocycles. The molecule has 0 amide bonds. The number of piperidine rings is 1. The van der Waals surface area contributed by atoms with E-state index in [-0.39, 0.29) is 11.8 Å². The van der Waals surface area contributed by atoms with E-state index in [0.29, 0.717) is 26.1 Å². The lowest BCUT2D eigenvalue weighted by Crippen LogP contribution is -2.49. The zero-order valence-electron chi connectivity index (χ0n) is 16.7. The summed E-state index contributed by atoms with van der Waals surface area (Å²) < 4.78 is 26.0. The predicted molar refractivity (Wildman–Crippen MR) is 116 cm³/mol. The first-order chi connectivity index (χ1) is 13.5. The third kappa shape index (κ3) is 5.02. The zero-order chi connectivity index (χ0) is 20.0. The van der Waals surface area contributed by atoms with Crippen LogP contribution >= 0.6 is 0 Å². The highest BCUT2D eigenvalue weighted by atomic mass is 32.2. The van der Waals surface area contributed by atoms with Crippen molar-refractivity contribution in [3.05, 3.63) is 48.0 Å². The summed E-state index contributed by atoms with van der Waals surface area (Å²) in [6.07, 6.45) is 2.24. The molecule has 0 atom stereocenters. The molecule has 1 heterocycles. The van der Waals surface area contributed by atoms with Gasteiger partial charge in [-0.25, -0.2) is 12.7 Å². The summed E-state index contributed by atoms with van der Waals surface area (Å²) >= 11 is 0. The average molecular weight is 403 g/mol. The number of nitrogens with one attached hydrogen (secondary N) is 2. The van der Waals surface area contributed by atoms with Crippen molar-refractivity contribution in [2.75, 3.05) is 25.9 Å². The Kier molecular flexibility index (Phi) is 6.91. The SMILES string of the molecule is CCCS(=O)(=O)N1CCC(NC(=NC)NCc2cccc3ccccc23)CC1. The molecule has 0 aromatic heterocycles. The number of guanidine groups is 1. The lowest BCUT2D eigenvalue weighted by Gasteiger charge is -2.32. The molecular weight excluding hydrogens is 372 g/mol. The van der Waals surface area contributed by atoms with Crippen molar-refractivity contribution in [2.24, 2.45) is 4.99 Å². The molecule has 6 nitrogen and oxygen atoms in total. The van der Waals surface area contributed by atoms with E-state index in [0.717, 1.165) is 18.8 Å². The fourth-order valence-corrected chi connectivity index (χ4v) is 5.22. The summed E-state index contributed by atoms with van der Waals surface area (Å²) in [6.45, 7) is 3.73. The van der Waals surface area contributed by atoms with Gasteiger partial charge in [0.2, 0.25) is 10.0 Å². The van der Waals surface area contributed by atoms with Gasteiger partial charge in [-0.15, -0.1) is 0 Å². The van der Waals surface area contributed by atoms with E-state index < -0.39 is 10.0 Å². The summed E-state index contributed by atoms with van der Waals surface area (Å²) in [5.41, 5.74) is 1.22. The van der Waals surface area contributed by atoms with Crippen LogP contribution in [-0.2, 0) is 16.6 Å². The fourth-order valence-electron chi connectivity index (χ4n) is 3.68. The van der Waals surface area contributed by atoms with Crippen molar-refractivity contribution < 1.29 is 8.42 Å². The van der Waals surface area contributed by atoms with E-state index in [9.17, 15) is 8.42 Å². The highest BCUT2D eigenvalue weighted by Gasteiger charge is 2.27. The Morgan fingerprint density at radius 3 is 2.57 bits per heavy atom. The molecule has 0 bridgehead atoms. The van der Waals surface area contributed by atoms with E-state index in [1.54, 1.807) is 11.4 Å². The molecule has 0 aliphatic carbocycles. The first-order valence-electron chi connectivity index (χ1n) is 9.95. The van der Waals surface area contributed by atoms with Crippen LogP contribution in [0.2, 0.25) is 0 Å². The Bertz CT molecular complexity index is 914. The zero-order valence-corrected chi connectivity index (χ0v) is 17.5. The maximum Gasteiger partial charge on any atom is 0.214 e. The van der Waals surface area contributed by atoms with Crippen LogP contribution in [0, 0.1) is 0 Å². The third-order valence-electron chi connectivity index (χ3n) is 5.20. The fraction of sp³-hybridized carbons (Fsp3) is 0.476. The summed E-state index contributed by atoms with van der Waals surface area (Å²) in [5, 5.41) is 9.30. The van der Waals surface area contributed by atoms with Crippen LogP contribution in [0.3, 0.4) is 0 Å². The molecule has 2 aromatic rings. The lowest BCUT2D eigenvalue weighted by atomic mass is 10.0. The minimum absolute atomic E-state index is 0.229. The second-order valence-corrected chi connectivity index (χ2v) is 9.29. The van der Waals surface area contributed by atoms with E-state index in [2.05, 4.69) is 52.0 Å². The van der Waals surface area contributed by atoms with Gasteiger partial charge in [0.15, 0.2) is 5.96 Å². The topological polar surface area (TPSA) is 73.8 Å². The number of hydrogen-bond donors (Lipinski definition) is 2. The van der Waals surface area contributed by atoms with Crippen molar-refractivity contribution in [3.8, 4) is 0 Å². The largest absolute Gasteiger partial charge is 0.354 e. The molecule has 0 saturated carbocycles. The average Bonchev–Trinajstić information content (AvgIpc) is 2.71. The van der Waals surface area contributed by atoms with Crippen LogP contribution in [0.5, 0.6) is 0 Å². The molecule has 0 radical (unpaired) electrons. The molecule has 28 heavy (non-hydrogen) atoms. The van der Waals surface area contributed by atoms with Crippen LogP contribution in [0.15, 0.2) is 47.5 Å². The molecule has 1 aliphatic rings. The third-order valence-corrected chi connectivity index (χ3v) is 7.28. The number of sulfonamides is 1. The minimum atomic E-state index is -3.10. The standard InChI is InChI=1S/C21H30N4O2S/c1-3-15-28(26,27)25-13-11-19(12-14-25)24-21(22-2)23-16-18-9-6-8-17-7-4-5-10-20(17)18/h4-10,19H,3,11-16H2,1-2H3,(H2,22,23,24). The van der Waals surface area contributed by atoms with Crippen molar-refractivity contribution in [1.82, 2.24) is 14.9 Å². The number of hydrogen-bond acceptors (Lipinski definition) is 3. The van der Waals surface area contributed by atoms with Crippen LogP contribution in [0.1, 0.15) is 31.7 Å². The van der Waals surface area contributed by atoms with Crippen LogP contribution < -0.4 is 10.6 Å². The molecule has 0 spiro atoms. The molecule has 1 aliphatic heterocycles. The van der Waals surface area contributed by atoms with Crippen LogP contribution in [0.25, 0.3) is 10.8 Å². The molecule has 0 unspecified atom stereocenters. The quantitative estimate of drug-likeness (QED) is 0.576. The highest BCUT2D eigenvalue weighted by molar-refractivity contribution is 7.89. The molecular formula is C21H30N4O2S. The van der Waals surface area contributed by atoms with Crippen molar-refractivity contribution >= 4 is 26.8 Å². The van der Waals surface area contributed by atoms with E-state index >= 15 is 0 Å². The van der Waals surface area contributed by atoms with E-state index in [1.807, 2.05) is 13.0 Å². The van der Waals surface area contributed by atoms with Crippen molar-refractivity contribution in [1.29, 1.82) is 0 Å². The first-order valence-corrected chi connectivity index (χ1v) is 11.6. The minimum Gasteiger partial charge on any atom is -0.354 e. The molecule has 2 aromatic carbocycles. The monoisotopic (exact) mass is 402 g/mol. The van der Waals surface area contributed by atoms with Gasteiger partial charge in [-0.1, -0.05) is 49.4 Å². The van der Waals surface area contributed by atoms with Gasteiger partial charge < -0.3 is 10.6 Å². The Hall–Kier alpha value is -2.12. The second-order valence-electron chi connectivity index (χ2n) is 7.20. The van der Waals surface area contributed by atoms with Gasteiger partial charge in [0.05, 0.1) is 5.75 Å². The molecule has 3 rings (SSSR count). The molecule has 152 valence electrons. The van der Waals surface area contributed by atoms with Gasteiger partial charge in [0, 0.05) is 32.7 Å². The van der Waals surface area contributed by atoms with E-state index in [1.165, 1.54) is 16.3 Å². The van der Waals surface area contributed by atoms with E-state index in [4.69, 9.17) is 0 Å². The smallest absolute Gasteiger partial charge is 0.214 e. The van der Waals surface area contributed by atoms with Gasteiger partial charge in [0.25, 0.3) is 0 Å². The van der Waals surface area contributed by atoms with Gasteiger partial charge in [0.1, 0.15) is 0 Å². The summed E-state index contributed by atoms with van der Waals surface area (Å²) in [4.78, 5) is 4.34. The molecule has 2 N–H and O–H groups in total. The Balaban J connectivity index is 1.54. The van der Waals surface area contributed by atoms with Gasteiger partial charge in [-0.2, -0.15) is 0 Å². The van der Waals surface area contributed by atoms with Crippen molar-refractivity contribution in [2.45, 2.75) is 38.8 Å². The summed E-state index contributed by atoms with van der Waals surface area (Å²) in [7, 11) is -1.34. The van der Waals surface area contributed by atoms with Gasteiger partial charge >= 0.3 is 0 Å². The molecule has 7 heteroatoms. The molecule has 1 fully saturated rings. The number of nitrogens with zero attached hydrogens (tertiary/aromatic N) is 2. The second kappa shape index (κ2) is 9.39. The van der Waals surface area contributed by atoms with Gasteiger partial charge in [-0.05, 0) is 35.6 Å². The van der Waals surface area contributed by atoms with Gasteiger partial charge in [-0.3, -0.25) is 4.99 Å². The highest BCUT2D eigenvalue weighted by Crippen LogP contribution is 2.18. The Labute approximate surface area is 168 Å². The number of fused-ring (bicyclic) bond motifs is 1. The number of aliphatic imine (C=N–C) groups is 1. The van der Waals surface area contributed by atoms with Crippen LogP contribution in [0.4, 0.5) is 0 Å². The maximum atomic E-state index is 12.2. The Morgan fingerprint density at radius 1 is 1.14 bits per heavy atom.